The highest BCUT2D eigenvalue weighted by Crippen LogP contribution is 2.28. The van der Waals surface area contributed by atoms with Crippen LogP contribution in [0.2, 0.25) is 0 Å². The summed E-state index contributed by atoms with van der Waals surface area (Å²) in [6, 6.07) is 15.8. The SMILES string of the molecule is COc1ccccc1-c1ccc(SCc2ccncc2)nn1. The summed E-state index contributed by atoms with van der Waals surface area (Å²) in [6.07, 6.45) is 3.60. The Kier molecular flexibility index (Phi) is 4.65. The van der Waals surface area contributed by atoms with E-state index in [4.69, 9.17) is 4.74 Å². The largest absolute Gasteiger partial charge is 0.496 e. The van der Waals surface area contributed by atoms with Gasteiger partial charge in [0.05, 0.1) is 12.8 Å². The summed E-state index contributed by atoms with van der Waals surface area (Å²) in [5.74, 6) is 1.65. The van der Waals surface area contributed by atoms with Crippen LogP contribution in [0, 0.1) is 0 Å². The summed E-state index contributed by atoms with van der Waals surface area (Å²) in [5, 5.41) is 9.49. The Hall–Kier alpha value is -2.40. The fourth-order valence-corrected chi connectivity index (χ4v) is 2.80. The van der Waals surface area contributed by atoms with Crippen LogP contribution in [0.1, 0.15) is 5.56 Å². The number of aromatic nitrogens is 3. The Balaban J connectivity index is 1.73. The molecule has 0 atom stereocenters. The number of thioether (sulfide) groups is 1. The number of hydrogen-bond donors (Lipinski definition) is 0. The zero-order valence-electron chi connectivity index (χ0n) is 12.1. The summed E-state index contributed by atoms with van der Waals surface area (Å²) >= 11 is 1.65. The van der Waals surface area contributed by atoms with Crippen LogP contribution in [0.3, 0.4) is 0 Å². The number of benzene rings is 1. The molecule has 1 aromatic carbocycles. The summed E-state index contributed by atoms with van der Waals surface area (Å²) in [6.45, 7) is 0. The minimum atomic E-state index is 0.800. The zero-order valence-corrected chi connectivity index (χ0v) is 13.0. The van der Waals surface area contributed by atoms with Crippen molar-refractivity contribution in [3.8, 4) is 17.0 Å². The number of para-hydroxylation sites is 1. The fraction of sp³-hybridized carbons (Fsp3) is 0.118. The number of hydrogen-bond acceptors (Lipinski definition) is 5. The van der Waals surface area contributed by atoms with Crippen molar-refractivity contribution in [1.82, 2.24) is 15.2 Å². The first-order valence-corrected chi connectivity index (χ1v) is 7.84. The molecule has 0 bridgehead atoms. The molecule has 0 saturated heterocycles. The lowest BCUT2D eigenvalue weighted by Crippen LogP contribution is -1.93. The first kappa shape index (κ1) is 14.5. The van der Waals surface area contributed by atoms with E-state index in [9.17, 15) is 0 Å². The third-order valence-electron chi connectivity index (χ3n) is 3.16. The molecule has 0 radical (unpaired) electrons. The lowest BCUT2D eigenvalue weighted by molar-refractivity contribution is 0.416. The monoisotopic (exact) mass is 309 g/mol. The van der Waals surface area contributed by atoms with Crippen LogP contribution < -0.4 is 4.74 Å². The maximum absolute atomic E-state index is 5.36. The molecule has 110 valence electrons. The second kappa shape index (κ2) is 7.04. The number of rotatable bonds is 5. The quantitative estimate of drug-likeness (QED) is 0.670. The Morgan fingerprint density at radius 2 is 1.77 bits per heavy atom. The van der Waals surface area contributed by atoms with E-state index in [1.165, 1.54) is 5.56 Å². The smallest absolute Gasteiger partial charge is 0.128 e. The van der Waals surface area contributed by atoms with Crippen molar-refractivity contribution in [2.24, 2.45) is 0 Å². The molecule has 0 aliphatic carbocycles. The van der Waals surface area contributed by atoms with Gasteiger partial charge in [0.1, 0.15) is 10.8 Å². The van der Waals surface area contributed by atoms with Gasteiger partial charge < -0.3 is 4.74 Å². The molecule has 22 heavy (non-hydrogen) atoms. The molecule has 0 aliphatic rings. The van der Waals surface area contributed by atoms with Crippen LogP contribution in [0.15, 0.2) is 66.0 Å². The number of ether oxygens (including phenoxy) is 1. The second-order valence-corrected chi connectivity index (χ2v) is 5.60. The second-order valence-electron chi connectivity index (χ2n) is 4.60. The van der Waals surface area contributed by atoms with Crippen molar-refractivity contribution in [2.45, 2.75) is 10.8 Å². The Bertz CT molecular complexity index is 732. The molecular weight excluding hydrogens is 294 g/mol. The average Bonchev–Trinajstić information content (AvgIpc) is 2.61. The highest BCUT2D eigenvalue weighted by Gasteiger charge is 2.07. The van der Waals surface area contributed by atoms with Gasteiger partial charge in [-0.2, -0.15) is 0 Å². The van der Waals surface area contributed by atoms with Gasteiger partial charge in [-0.1, -0.05) is 23.9 Å². The van der Waals surface area contributed by atoms with Crippen LogP contribution in [-0.4, -0.2) is 22.3 Å². The van der Waals surface area contributed by atoms with Crippen molar-refractivity contribution in [1.29, 1.82) is 0 Å². The number of nitrogens with zero attached hydrogens (tertiary/aromatic N) is 3. The van der Waals surface area contributed by atoms with Gasteiger partial charge in [-0.25, -0.2) is 0 Å². The van der Waals surface area contributed by atoms with Crippen molar-refractivity contribution < 1.29 is 4.74 Å². The van der Waals surface area contributed by atoms with E-state index in [2.05, 4.69) is 15.2 Å². The van der Waals surface area contributed by atoms with Crippen LogP contribution >= 0.6 is 11.8 Å². The molecule has 5 heteroatoms. The normalized spacial score (nSPS) is 10.4. The predicted molar refractivity (Wildman–Crippen MR) is 87.8 cm³/mol. The Morgan fingerprint density at radius 1 is 0.955 bits per heavy atom. The first-order chi connectivity index (χ1) is 10.9. The van der Waals surface area contributed by atoms with Crippen molar-refractivity contribution in [3.05, 3.63) is 66.5 Å². The lowest BCUT2D eigenvalue weighted by Gasteiger charge is -2.07. The van der Waals surface area contributed by atoms with Gasteiger partial charge in [-0.05, 0) is 42.0 Å². The van der Waals surface area contributed by atoms with E-state index in [-0.39, 0.29) is 0 Å². The fourth-order valence-electron chi connectivity index (χ4n) is 2.03. The standard InChI is InChI=1S/C17H15N3OS/c1-21-16-5-3-2-4-14(16)15-6-7-17(20-19-15)22-12-13-8-10-18-11-9-13/h2-11H,12H2,1H3. The van der Waals surface area contributed by atoms with Crippen LogP contribution in [0.4, 0.5) is 0 Å². The molecule has 2 aromatic heterocycles. The zero-order chi connectivity index (χ0) is 15.2. The van der Waals surface area contributed by atoms with Gasteiger partial charge in [0.15, 0.2) is 0 Å². The molecule has 0 spiro atoms. The molecule has 3 rings (SSSR count). The number of methoxy groups -OCH3 is 1. The van der Waals surface area contributed by atoms with Gasteiger partial charge >= 0.3 is 0 Å². The maximum Gasteiger partial charge on any atom is 0.128 e. The maximum atomic E-state index is 5.36. The van der Waals surface area contributed by atoms with Gasteiger partial charge in [0.2, 0.25) is 0 Å². The molecule has 0 unspecified atom stereocenters. The molecule has 0 fully saturated rings. The van der Waals surface area contributed by atoms with Crippen molar-refractivity contribution >= 4 is 11.8 Å². The molecule has 4 nitrogen and oxygen atoms in total. The molecule has 0 aliphatic heterocycles. The van der Waals surface area contributed by atoms with Crippen molar-refractivity contribution in [3.63, 3.8) is 0 Å². The molecule has 2 heterocycles. The summed E-state index contributed by atoms with van der Waals surface area (Å²) in [7, 11) is 1.66. The molecular formula is C17H15N3OS. The van der Waals surface area contributed by atoms with Gasteiger partial charge in [0, 0.05) is 23.7 Å². The van der Waals surface area contributed by atoms with Gasteiger partial charge in [-0.3, -0.25) is 4.98 Å². The van der Waals surface area contributed by atoms with Crippen LogP contribution in [0.5, 0.6) is 5.75 Å². The lowest BCUT2D eigenvalue weighted by atomic mass is 10.1. The summed E-state index contributed by atoms with van der Waals surface area (Å²) in [4.78, 5) is 4.01. The highest BCUT2D eigenvalue weighted by molar-refractivity contribution is 7.98. The Morgan fingerprint density at radius 3 is 2.50 bits per heavy atom. The average molecular weight is 309 g/mol. The molecule has 0 N–H and O–H groups in total. The third kappa shape index (κ3) is 3.43. The van der Waals surface area contributed by atoms with Crippen molar-refractivity contribution in [2.75, 3.05) is 7.11 Å². The van der Waals surface area contributed by atoms with E-state index < -0.39 is 0 Å². The van der Waals surface area contributed by atoms with E-state index in [1.807, 2.05) is 48.5 Å². The topological polar surface area (TPSA) is 47.9 Å². The molecule has 3 aromatic rings. The molecule has 0 amide bonds. The van der Waals surface area contributed by atoms with E-state index in [0.29, 0.717) is 0 Å². The van der Waals surface area contributed by atoms with Gasteiger partial charge in [-0.15, -0.1) is 10.2 Å². The minimum absolute atomic E-state index is 0.800. The van der Waals surface area contributed by atoms with E-state index in [0.717, 1.165) is 27.8 Å². The molecule has 0 saturated carbocycles. The summed E-state index contributed by atoms with van der Waals surface area (Å²) in [5.41, 5.74) is 2.98. The van der Waals surface area contributed by atoms with E-state index >= 15 is 0 Å². The Labute approximate surface area is 133 Å². The third-order valence-corrected chi connectivity index (χ3v) is 4.15. The van der Waals surface area contributed by atoms with Crippen LogP contribution in [0.25, 0.3) is 11.3 Å². The predicted octanol–water partition coefficient (Wildman–Crippen LogP) is 3.84. The summed E-state index contributed by atoms with van der Waals surface area (Å²) < 4.78 is 5.36. The number of pyridine rings is 1. The minimum Gasteiger partial charge on any atom is -0.496 e. The first-order valence-electron chi connectivity index (χ1n) is 6.85. The highest BCUT2D eigenvalue weighted by atomic mass is 32.2. The van der Waals surface area contributed by atoms with Gasteiger partial charge in [0.25, 0.3) is 0 Å². The van der Waals surface area contributed by atoms with Crippen LogP contribution in [-0.2, 0) is 5.75 Å². The van der Waals surface area contributed by atoms with E-state index in [1.54, 1.807) is 31.3 Å².